The summed E-state index contributed by atoms with van der Waals surface area (Å²) in [6.07, 6.45) is 6.83. The number of hydrogen-bond donors (Lipinski definition) is 0. The van der Waals surface area contributed by atoms with E-state index in [2.05, 4.69) is 6.92 Å². The zero-order valence-electron chi connectivity index (χ0n) is 6.29. The smallest absolute Gasteiger partial charge is 0.129 e. The molecule has 0 saturated heterocycles. The van der Waals surface area contributed by atoms with Gasteiger partial charge in [0.15, 0.2) is 0 Å². The van der Waals surface area contributed by atoms with Crippen molar-refractivity contribution in [2.45, 2.75) is 19.8 Å². The highest BCUT2D eigenvalue weighted by Crippen LogP contribution is 2.52. The Hall–Kier alpha value is -0.290. The third-order valence-corrected chi connectivity index (χ3v) is 4.02. The molecule has 10 heavy (non-hydrogen) atoms. The van der Waals surface area contributed by atoms with Crippen molar-refractivity contribution in [1.29, 1.82) is 0 Å². The molecule has 0 aromatic carbocycles. The van der Waals surface area contributed by atoms with E-state index in [1.807, 2.05) is 23.8 Å². The van der Waals surface area contributed by atoms with Crippen molar-refractivity contribution in [2.24, 2.45) is 0 Å². The van der Waals surface area contributed by atoms with Crippen molar-refractivity contribution >= 4 is 7.14 Å². The van der Waals surface area contributed by atoms with Crippen LogP contribution in [0.15, 0.2) is 23.8 Å². The van der Waals surface area contributed by atoms with Crippen LogP contribution in [0.3, 0.4) is 0 Å². The number of unbranched alkanes of at least 4 members (excludes halogenated alkanes) is 1. The van der Waals surface area contributed by atoms with Gasteiger partial charge in [0.1, 0.15) is 7.14 Å². The molecule has 1 aliphatic rings. The zero-order chi connectivity index (χ0) is 7.45. The minimum Gasteiger partial charge on any atom is -0.315 e. The first-order valence-corrected chi connectivity index (χ1v) is 5.75. The molecule has 1 heterocycles. The van der Waals surface area contributed by atoms with Gasteiger partial charge in [0, 0.05) is 6.16 Å². The van der Waals surface area contributed by atoms with Crippen LogP contribution in [0.25, 0.3) is 0 Å². The number of allylic oxidation sites excluding steroid dienone is 2. The van der Waals surface area contributed by atoms with Crippen molar-refractivity contribution in [3.63, 3.8) is 0 Å². The molecular weight excluding hydrogens is 143 g/mol. The molecule has 0 fully saturated rings. The predicted octanol–water partition coefficient (Wildman–Crippen LogP) is 3.19. The topological polar surface area (TPSA) is 17.1 Å². The summed E-state index contributed by atoms with van der Waals surface area (Å²) in [6, 6.07) is 0. The molecule has 0 amide bonds. The van der Waals surface area contributed by atoms with E-state index >= 15 is 0 Å². The Balaban J connectivity index is 2.46. The summed E-state index contributed by atoms with van der Waals surface area (Å²) in [5, 5.41) is 0. The Morgan fingerprint density at radius 1 is 1.30 bits per heavy atom. The molecule has 0 bridgehead atoms. The van der Waals surface area contributed by atoms with Crippen LogP contribution in [0.4, 0.5) is 0 Å². The van der Waals surface area contributed by atoms with Gasteiger partial charge in [0.2, 0.25) is 0 Å². The highest BCUT2D eigenvalue weighted by atomic mass is 31.2. The molecule has 0 unspecified atom stereocenters. The fourth-order valence-electron chi connectivity index (χ4n) is 0.995. The first kappa shape index (κ1) is 7.81. The summed E-state index contributed by atoms with van der Waals surface area (Å²) in [5.41, 5.74) is 0. The van der Waals surface area contributed by atoms with Crippen molar-refractivity contribution in [2.75, 3.05) is 6.16 Å². The van der Waals surface area contributed by atoms with Crippen molar-refractivity contribution in [3.8, 4) is 0 Å². The molecule has 0 aromatic rings. The average Bonchev–Trinajstić information content (AvgIpc) is 2.33. The zero-order valence-corrected chi connectivity index (χ0v) is 7.18. The Morgan fingerprint density at radius 2 is 1.90 bits per heavy atom. The Kier molecular flexibility index (Phi) is 2.50. The second-order valence-electron chi connectivity index (χ2n) is 2.61. The molecular formula is C8H13OP. The summed E-state index contributed by atoms with van der Waals surface area (Å²) >= 11 is 0. The molecule has 0 saturated carbocycles. The Labute approximate surface area is 62.2 Å². The van der Waals surface area contributed by atoms with Gasteiger partial charge in [-0.3, -0.25) is 0 Å². The van der Waals surface area contributed by atoms with Gasteiger partial charge in [0.25, 0.3) is 0 Å². The van der Waals surface area contributed by atoms with Gasteiger partial charge in [-0.1, -0.05) is 25.5 Å². The van der Waals surface area contributed by atoms with Gasteiger partial charge in [-0.05, 0) is 18.1 Å². The van der Waals surface area contributed by atoms with Gasteiger partial charge >= 0.3 is 0 Å². The van der Waals surface area contributed by atoms with E-state index < -0.39 is 7.14 Å². The Bertz CT molecular complexity index is 187. The standard InChI is InChI=1S/C8H13OP/c1-2-3-6-10(9)7-4-5-8-10/h4-5,7-8H,2-3,6H2,1H3. The van der Waals surface area contributed by atoms with E-state index in [0.717, 1.165) is 19.0 Å². The first-order valence-electron chi connectivity index (χ1n) is 3.72. The summed E-state index contributed by atoms with van der Waals surface area (Å²) in [5.74, 6) is 3.70. The lowest BCUT2D eigenvalue weighted by atomic mass is 10.4. The lowest BCUT2D eigenvalue weighted by Gasteiger charge is -2.03. The van der Waals surface area contributed by atoms with Crippen LogP contribution in [-0.4, -0.2) is 6.16 Å². The molecule has 0 spiro atoms. The minimum absolute atomic E-state index is 0.858. The fourth-order valence-corrected chi connectivity index (χ4v) is 2.98. The van der Waals surface area contributed by atoms with E-state index in [0.29, 0.717) is 0 Å². The van der Waals surface area contributed by atoms with Gasteiger partial charge in [-0.15, -0.1) is 0 Å². The second kappa shape index (κ2) is 3.21. The van der Waals surface area contributed by atoms with Crippen molar-refractivity contribution in [3.05, 3.63) is 23.8 Å². The minimum atomic E-state index is -1.95. The third-order valence-electron chi connectivity index (χ3n) is 1.65. The average molecular weight is 156 g/mol. The molecule has 2 heteroatoms. The fraction of sp³-hybridized carbons (Fsp3) is 0.500. The molecule has 0 aromatic heterocycles. The van der Waals surface area contributed by atoms with Crippen molar-refractivity contribution < 1.29 is 4.57 Å². The molecule has 1 aliphatic heterocycles. The van der Waals surface area contributed by atoms with Gasteiger partial charge < -0.3 is 4.57 Å². The van der Waals surface area contributed by atoms with Crippen molar-refractivity contribution in [1.82, 2.24) is 0 Å². The van der Waals surface area contributed by atoms with Crippen LogP contribution in [-0.2, 0) is 4.57 Å². The second-order valence-corrected chi connectivity index (χ2v) is 5.37. The summed E-state index contributed by atoms with van der Waals surface area (Å²) in [6.45, 7) is 2.12. The van der Waals surface area contributed by atoms with Crippen LogP contribution in [0, 0.1) is 0 Å². The van der Waals surface area contributed by atoms with E-state index in [4.69, 9.17) is 0 Å². The van der Waals surface area contributed by atoms with E-state index in [1.54, 1.807) is 0 Å². The Morgan fingerprint density at radius 3 is 2.40 bits per heavy atom. The number of hydrogen-bond acceptors (Lipinski definition) is 1. The van der Waals surface area contributed by atoms with Gasteiger partial charge in [-0.2, -0.15) is 0 Å². The molecule has 56 valence electrons. The molecule has 0 atom stereocenters. The maximum absolute atomic E-state index is 11.6. The highest BCUT2D eigenvalue weighted by molar-refractivity contribution is 7.70. The van der Waals surface area contributed by atoms with Gasteiger partial charge in [-0.25, -0.2) is 0 Å². The molecule has 0 radical (unpaired) electrons. The van der Waals surface area contributed by atoms with Gasteiger partial charge in [0.05, 0.1) is 0 Å². The van der Waals surface area contributed by atoms with E-state index in [1.165, 1.54) is 0 Å². The summed E-state index contributed by atoms with van der Waals surface area (Å²) in [4.78, 5) is 0. The normalized spacial score (nSPS) is 20.1. The molecule has 1 nitrogen and oxygen atoms in total. The lowest BCUT2D eigenvalue weighted by molar-refractivity contribution is 0.584. The van der Waals surface area contributed by atoms with Crippen LogP contribution in [0.2, 0.25) is 0 Å². The van der Waals surface area contributed by atoms with E-state index in [9.17, 15) is 4.57 Å². The van der Waals surface area contributed by atoms with Crippen LogP contribution < -0.4 is 0 Å². The summed E-state index contributed by atoms with van der Waals surface area (Å²) < 4.78 is 11.6. The first-order chi connectivity index (χ1) is 4.77. The predicted molar refractivity (Wildman–Crippen MR) is 45.7 cm³/mol. The molecule has 0 aliphatic carbocycles. The maximum Gasteiger partial charge on any atom is 0.129 e. The summed E-state index contributed by atoms with van der Waals surface area (Å²) in [7, 11) is -1.95. The maximum atomic E-state index is 11.6. The molecule has 0 N–H and O–H groups in total. The van der Waals surface area contributed by atoms with Crippen LogP contribution >= 0.6 is 7.14 Å². The lowest BCUT2D eigenvalue weighted by Crippen LogP contribution is -1.80. The SMILES string of the molecule is CCCCP1(=O)C=CC=C1. The van der Waals surface area contributed by atoms with Crippen LogP contribution in [0.5, 0.6) is 0 Å². The monoisotopic (exact) mass is 156 g/mol. The van der Waals surface area contributed by atoms with Crippen LogP contribution in [0.1, 0.15) is 19.8 Å². The third kappa shape index (κ3) is 1.85. The largest absolute Gasteiger partial charge is 0.315 e. The molecule has 1 rings (SSSR count). The highest BCUT2D eigenvalue weighted by Gasteiger charge is 2.14. The van der Waals surface area contributed by atoms with E-state index in [-0.39, 0.29) is 0 Å². The quantitative estimate of drug-likeness (QED) is 0.573. The number of rotatable bonds is 3.